The fraction of sp³-hybridized carbons (Fsp3) is 0.593. The van der Waals surface area contributed by atoms with Gasteiger partial charge < -0.3 is 18.9 Å². The first kappa shape index (κ1) is 55.7. The van der Waals surface area contributed by atoms with E-state index in [0.29, 0.717) is 44.2 Å². The molecule has 4 atom stereocenters. The van der Waals surface area contributed by atoms with E-state index in [1.807, 2.05) is 0 Å². The third kappa shape index (κ3) is 14.6. The molecule has 0 N–H and O–H groups in total. The van der Waals surface area contributed by atoms with Gasteiger partial charge in [0.05, 0.1) is 50.7 Å². The zero-order chi connectivity index (χ0) is 49.0. The van der Waals surface area contributed by atoms with Gasteiger partial charge in [0.1, 0.15) is 42.7 Å². The summed E-state index contributed by atoms with van der Waals surface area (Å²) in [5.74, 6) is 4.27. The van der Waals surface area contributed by atoms with Crippen molar-refractivity contribution in [2.24, 2.45) is 23.7 Å². The molecule has 12 heteroatoms. The van der Waals surface area contributed by atoms with Crippen molar-refractivity contribution < 1.29 is 37.3 Å². The van der Waals surface area contributed by atoms with Gasteiger partial charge in [0, 0.05) is 33.7 Å². The summed E-state index contributed by atoms with van der Waals surface area (Å²) in [6.07, 6.45) is 13.5. The molecule has 66 heavy (non-hydrogen) atoms. The number of Topliss-reactive ketones (excluding diaryl/α,β-unsaturated/α-hetero) is 2. The van der Waals surface area contributed by atoms with E-state index in [1.165, 1.54) is 78.2 Å². The topological polar surface area (TPSA) is 71.1 Å². The molecule has 0 heterocycles. The summed E-state index contributed by atoms with van der Waals surface area (Å²) in [6, 6.07) is 6.13. The van der Waals surface area contributed by atoms with Crippen LogP contribution < -0.4 is 9.47 Å². The van der Waals surface area contributed by atoms with E-state index in [9.17, 15) is 14.0 Å². The number of hydrogen-bond donors (Lipinski definition) is 0. The number of benzene rings is 2. The van der Waals surface area contributed by atoms with Crippen LogP contribution in [0.2, 0.25) is 52.6 Å². The molecule has 0 saturated heterocycles. The maximum absolute atomic E-state index is 15.1. The normalized spacial score (nSPS) is 20.0. The van der Waals surface area contributed by atoms with E-state index in [0.717, 1.165) is 38.5 Å². The van der Waals surface area contributed by atoms with Crippen LogP contribution in [0.1, 0.15) is 115 Å². The molecule has 4 aliphatic carbocycles. The number of fused-ring (bicyclic) bond motifs is 4. The predicted molar refractivity (Wildman–Crippen MR) is 279 cm³/mol. The molecular weight excluding hydrogens is 1040 g/mol. The van der Waals surface area contributed by atoms with Crippen molar-refractivity contribution in [2.75, 3.05) is 28.4 Å². The van der Waals surface area contributed by atoms with Crippen molar-refractivity contribution in [1.29, 1.82) is 0 Å². The number of rotatable bonds is 15. The van der Waals surface area contributed by atoms with Gasteiger partial charge in [-0.25, -0.2) is 8.78 Å². The molecule has 0 amide bonds. The molecule has 0 radical (unpaired) electrons. The molecule has 362 valence electrons. The molecule has 6 nitrogen and oxygen atoms in total. The quantitative estimate of drug-likeness (QED) is 0.131. The summed E-state index contributed by atoms with van der Waals surface area (Å²) in [4.78, 5) is 25.6. The Balaban J connectivity index is 0.000000220. The first-order valence-corrected chi connectivity index (χ1v) is 39.6. The zero-order valence-corrected chi connectivity index (χ0v) is 48.7. The third-order valence-electron chi connectivity index (χ3n) is 13.1. The predicted octanol–water partition coefficient (Wildman–Crippen LogP) is 14.6. The van der Waals surface area contributed by atoms with Gasteiger partial charge >= 0.3 is 128 Å². The Morgan fingerprint density at radius 1 is 0.606 bits per heavy atom. The molecule has 0 spiro atoms. The second-order valence-corrected chi connectivity index (χ2v) is 43.3. The number of ether oxygens (including phenoxy) is 4. The Morgan fingerprint density at radius 3 is 1.41 bits per heavy atom. The van der Waals surface area contributed by atoms with Crippen LogP contribution in [0.4, 0.5) is 8.78 Å². The Hall–Kier alpha value is -2.85. The third-order valence-corrected chi connectivity index (χ3v) is 29.1. The van der Waals surface area contributed by atoms with Crippen LogP contribution >= 0.6 is 15.9 Å². The maximum Gasteiger partial charge on any atom is 0.170 e. The summed E-state index contributed by atoms with van der Waals surface area (Å²) in [6.45, 7) is 20.6. The minimum absolute atomic E-state index is 0.0170. The number of allylic oxidation sites excluding steroid dienone is 4. The molecule has 0 aliphatic heterocycles. The molecule has 0 aromatic heterocycles. The number of ketones is 2. The SMILES string of the molecule is CCC[CH2][Sn]([C]#C[Si](C)(C)C)([CH2]CCC)[CH2]CCC.COC1=C(c2c(F)cc(Br)cc2OC)C(=O)C2CCC1C2.COC1=C(c2c(F)cc(C#C[Si](C)(C)C)cc2OC)C(=O)C2CCC1C2. The Labute approximate surface area is 411 Å². The first-order valence-electron chi connectivity index (χ1n) is 24.3. The van der Waals surface area contributed by atoms with E-state index in [1.54, 1.807) is 26.4 Å². The van der Waals surface area contributed by atoms with Crippen LogP contribution in [0.25, 0.3) is 11.1 Å². The number of halogens is 3. The number of unbranched alkanes of at least 4 members (excludes halogenated alkanes) is 3. The van der Waals surface area contributed by atoms with Crippen molar-refractivity contribution >= 4 is 73.2 Å². The molecular formula is C54H77BrF2O6Si2Sn. The molecule has 2 saturated carbocycles. The monoisotopic (exact) mass is 1110 g/mol. The largest absolute Gasteiger partial charge is 0.500 e. The smallest absolute Gasteiger partial charge is 0.170 e. The van der Waals surface area contributed by atoms with Crippen LogP contribution in [-0.4, -0.2) is 74.5 Å². The number of hydrogen-bond acceptors (Lipinski definition) is 6. The van der Waals surface area contributed by atoms with Crippen molar-refractivity contribution in [3.63, 3.8) is 0 Å². The van der Waals surface area contributed by atoms with Crippen LogP contribution in [0, 0.1) is 56.3 Å². The summed E-state index contributed by atoms with van der Waals surface area (Å²) in [5, 5.41) is 0. The van der Waals surface area contributed by atoms with Crippen molar-refractivity contribution in [3.05, 3.63) is 68.6 Å². The van der Waals surface area contributed by atoms with Gasteiger partial charge in [0.2, 0.25) is 0 Å². The second kappa shape index (κ2) is 25.1. The minimum atomic E-state index is -2.13. The standard InChI is InChI=1S/C21H25FO3Si.C16H16BrFO3.C5H9Si.3C4H9.Sn/c1-24-17-11-13(8-9-26(3,4)5)10-16(22)18(17)19-20(23)14-6-7-15(12-14)21(19)25-2;1-20-12-7-10(17)6-11(18)13(12)14-15(19)8-3-4-9(5-8)16(14)21-2;1-5-6(2,3)4;3*1-3-4-2;/h10-11,14-15H,6-7,12H2,1-5H3;6-9H,3-5H2,1-2H3;2-4H3;3*1,3-4H2,2H3;. The molecule has 6 rings (SSSR count). The number of methoxy groups -OCH3 is 4. The summed E-state index contributed by atoms with van der Waals surface area (Å²) in [7, 11) is 3.29. The van der Waals surface area contributed by atoms with Crippen LogP contribution in [0.5, 0.6) is 11.5 Å². The van der Waals surface area contributed by atoms with Crippen molar-refractivity contribution in [1.82, 2.24) is 0 Å². The van der Waals surface area contributed by atoms with E-state index >= 15 is 4.39 Å². The fourth-order valence-corrected chi connectivity index (χ4v) is 28.8. The molecule has 4 unspecified atom stereocenters. The van der Waals surface area contributed by atoms with E-state index < -0.39 is 46.2 Å². The van der Waals surface area contributed by atoms with E-state index in [4.69, 9.17) is 18.9 Å². The van der Waals surface area contributed by atoms with Crippen LogP contribution in [-0.2, 0) is 19.1 Å². The van der Waals surface area contributed by atoms with E-state index in [2.05, 4.69) is 96.9 Å². The average Bonchev–Trinajstić information content (AvgIpc) is 3.92. The molecule has 2 aromatic rings. The van der Waals surface area contributed by atoms with Crippen LogP contribution in [0.15, 0.2) is 40.3 Å². The number of carbonyl (C=O) groups excluding carboxylic acids is 2. The Kier molecular flexibility index (Phi) is 21.2. The summed E-state index contributed by atoms with van der Waals surface area (Å²) in [5.41, 5.74) is 8.71. The van der Waals surface area contributed by atoms with E-state index in [-0.39, 0.29) is 46.4 Å². The fourth-order valence-electron chi connectivity index (χ4n) is 9.70. The molecule has 4 bridgehead atoms. The Bertz CT molecular complexity index is 2220. The number of carbonyl (C=O) groups is 2. The summed E-state index contributed by atoms with van der Waals surface area (Å²) >= 11 is 1.11. The van der Waals surface area contributed by atoms with Gasteiger partial charge in [-0.2, -0.15) is 0 Å². The summed E-state index contributed by atoms with van der Waals surface area (Å²) < 4.78 is 60.5. The second-order valence-electron chi connectivity index (χ2n) is 20.6. The average molecular weight is 1110 g/mol. The maximum atomic E-state index is 15.1. The first-order chi connectivity index (χ1) is 31.2. The zero-order valence-electron chi connectivity index (χ0n) is 42.3. The minimum Gasteiger partial charge on any atom is -0.500 e. The van der Waals surface area contributed by atoms with Gasteiger partial charge in [-0.1, -0.05) is 41.5 Å². The van der Waals surface area contributed by atoms with Crippen molar-refractivity contribution in [3.8, 4) is 32.4 Å². The van der Waals surface area contributed by atoms with Gasteiger partial charge in [-0.3, -0.25) is 9.59 Å². The molecule has 2 fully saturated rings. The molecule has 2 aromatic carbocycles. The van der Waals surface area contributed by atoms with Gasteiger partial charge in [-0.05, 0) is 62.8 Å². The molecule has 4 aliphatic rings. The van der Waals surface area contributed by atoms with Gasteiger partial charge in [0.15, 0.2) is 11.6 Å². The van der Waals surface area contributed by atoms with Gasteiger partial charge in [0.25, 0.3) is 0 Å². The van der Waals surface area contributed by atoms with Crippen molar-refractivity contribution in [2.45, 2.75) is 150 Å². The van der Waals surface area contributed by atoms with Gasteiger partial charge in [-0.15, -0.1) is 5.54 Å². The van der Waals surface area contributed by atoms with Crippen LogP contribution in [0.3, 0.4) is 0 Å². The Morgan fingerprint density at radius 2 is 1.02 bits per heavy atom.